The van der Waals surface area contributed by atoms with Gasteiger partial charge in [0.1, 0.15) is 5.69 Å². The Bertz CT molecular complexity index is 1200. The maximum atomic E-state index is 4.84. The molecule has 0 spiro atoms. The second-order valence-electron chi connectivity index (χ2n) is 6.80. The van der Waals surface area contributed by atoms with Gasteiger partial charge in [-0.3, -0.25) is 4.98 Å². The Morgan fingerprint density at radius 3 is 2.40 bits per heavy atom. The summed E-state index contributed by atoms with van der Waals surface area (Å²) in [6.07, 6.45) is 3.57. The lowest BCUT2D eigenvalue weighted by molar-refractivity contribution is 0.889. The van der Waals surface area contributed by atoms with E-state index in [0.29, 0.717) is 0 Å². The molecule has 0 fully saturated rings. The van der Waals surface area contributed by atoms with E-state index in [1.54, 1.807) is 12.4 Å². The summed E-state index contributed by atoms with van der Waals surface area (Å²) in [5.74, 6) is 0. The minimum atomic E-state index is 0.730. The number of benzene rings is 2. The molecule has 0 aliphatic carbocycles. The number of aromatic nitrogens is 5. The van der Waals surface area contributed by atoms with Gasteiger partial charge in [0.25, 0.3) is 0 Å². The van der Waals surface area contributed by atoms with Crippen molar-refractivity contribution in [3.05, 3.63) is 90.8 Å². The summed E-state index contributed by atoms with van der Waals surface area (Å²) in [5, 5.41) is 18.3. The second-order valence-corrected chi connectivity index (χ2v) is 7.78. The Hall–Kier alpha value is -3.84. The highest BCUT2D eigenvalue weighted by Crippen LogP contribution is 2.32. The average Bonchev–Trinajstić information content (AvgIpc) is 3.44. The Kier molecular flexibility index (Phi) is 4.78. The zero-order valence-corrected chi connectivity index (χ0v) is 17.0. The van der Waals surface area contributed by atoms with Crippen LogP contribution in [0.3, 0.4) is 0 Å². The lowest BCUT2D eigenvalue weighted by Gasteiger charge is -2.06. The molecule has 2 aromatic carbocycles. The number of aryl methyl sites for hydroxylation is 1. The van der Waals surface area contributed by atoms with Crippen LogP contribution in [-0.4, -0.2) is 25.0 Å². The van der Waals surface area contributed by atoms with Crippen molar-refractivity contribution in [3.8, 4) is 27.6 Å². The maximum Gasteiger partial charge on any atom is 0.210 e. The SMILES string of the molecule is Cc1ccc(Nc2nnc(-c3cc(-c4ccncc4)n(-c4ccccc4)n3)s2)cc1. The Morgan fingerprint density at radius 2 is 1.63 bits per heavy atom. The van der Waals surface area contributed by atoms with Gasteiger partial charge in [-0.15, -0.1) is 10.2 Å². The number of nitrogens with one attached hydrogen (secondary N) is 1. The molecule has 0 saturated heterocycles. The van der Waals surface area contributed by atoms with E-state index in [-0.39, 0.29) is 0 Å². The fourth-order valence-corrected chi connectivity index (χ4v) is 3.84. The molecule has 0 amide bonds. The third kappa shape index (κ3) is 3.70. The first-order chi connectivity index (χ1) is 14.8. The molecule has 7 heteroatoms. The lowest BCUT2D eigenvalue weighted by atomic mass is 10.2. The largest absolute Gasteiger partial charge is 0.330 e. The van der Waals surface area contributed by atoms with Crippen molar-refractivity contribution in [2.45, 2.75) is 6.92 Å². The van der Waals surface area contributed by atoms with E-state index in [1.165, 1.54) is 16.9 Å². The minimum Gasteiger partial charge on any atom is -0.330 e. The van der Waals surface area contributed by atoms with Crippen molar-refractivity contribution in [3.63, 3.8) is 0 Å². The van der Waals surface area contributed by atoms with E-state index in [0.717, 1.165) is 38.5 Å². The highest BCUT2D eigenvalue weighted by Gasteiger charge is 2.16. The molecule has 6 nitrogen and oxygen atoms in total. The number of rotatable bonds is 5. The van der Waals surface area contributed by atoms with E-state index in [2.05, 4.69) is 39.6 Å². The van der Waals surface area contributed by atoms with Gasteiger partial charge in [0, 0.05) is 23.6 Å². The molecule has 146 valence electrons. The van der Waals surface area contributed by atoms with E-state index in [9.17, 15) is 0 Å². The molecule has 0 atom stereocenters. The first-order valence-electron chi connectivity index (χ1n) is 9.50. The number of anilines is 2. The summed E-state index contributed by atoms with van der Waals surface area (Å²) in [4.78, 5) is 4.13. The molecule has 0 bridgehead atoms. The summed E-state index contributed by atoms with van der Waals surface area (Å²) < 4.78 is 1.93. The van der Waals surface area contributed by atoms with Crippen molar-refractivity contribution in [2.75, 3.05) is 5.32 Å². The van der Waals surface area contributed by atoms with Crippen LogP contribution >= 0.6 is 11.3 Å². The molecule has 3 aromatic heterocycles. The minimum absolute atomic E-state index is 0.730. The van der Waals surface area contributed by atoms with Crippen molar-refractivity contribution in [2.24, 2.45) is 0 Å². The van der Waals surface area contributed by atoms with Crippen molar-refractivity contribution >= 4 is 22.2 Å². The van der Waals surface area contributed by atoms with E-state index < -0.39 is 0 Å². The van der Waals surface area contributed by atoms with Crippen molar-refractivity contribution in [1.29, 1.82) is 0 Å². The van der Waals surface area contributed by atoms with Gasteiger partial charge < -0.3 is 5.32 Å². The first-order valence-corrected chi connectivity index (χ1v) is 10.3. The summed E-state index contributed by atoms with van der Waals surface area (Å²) in [6, 6.07) is 24.2. The quantitative estimate of drug-likeness (QED) is 0.414. The predicted octanol–water partition coefficient (Wildman–Crippen LogP) is 5.50. The maximum absolute atomic E-state index is 4.84. The van der Waals surface area contributed by atoms with Crippen LogP contribution in [-0.2, 0) is 0 Å². The van der Waals surface area contributed by atoms with Gasteiger partial charge in [0.15, 0.2) is 5.01 Å². The molecular weight excluding hydrogens is 392 g/mol. The van der Waals surface area contributed by atoms with Gasteiger partial charge in [-0.2, -0.15) is 5.10 Å². The van der Waals surface area contributed by atoms with Gasteiger partial charge in [0.05, 0.1) is 11.4 Å². The molecule has 0 saturated carbocycles. The van der Waals surface area contributed by atoms with Crippen molar-refractivity contribution in [1.82, 2.24) is 25.0 Å². The molecule has 0 unspecified atom stereocenters. The summed E-state index contributed by atoms with van der Waals surface area (Å²) >= 11 is 1.48. The number of para-hydroxylation sites is 1. The molecule has 0 aliphatic rings. The standard InChI is InChI=1S/C23H18N6S/c1-16-7-9-18(10-8-16)25-23-27-26-22(30-23)20-15-21(17-11-13-24-14-12-17)29(28-20)19-5-3-2-4-6-19/h2-15H,1H3,(H,25,27). The second kappa shape index (κ2) is 7.88. The number of pyridine rings is 1. The van der Waals surface area contributed by atoms with Crippen LogP contribution in [0.4, 0.5) is 10.8 Å². The van der Waals surface area contributed by atoms with Crippen LogP contribution in [0.5, 0.6) is 0 Å². The predicted molar refractivity (Wildman–Crippen MR) is 120 cm³/mol. The third-order valence-electron chi connectivity index (χ3n) is 4.63. The van der Waals surface area contributed by atoms with E-state index >= 15 is 0 Å². The van der Waals surface area contributed by atoms with Gasteiger partial charge in [-0.05, 0) is 49.4 Å². The van der Waals surface area contributed by atoms with Gasteiger partial charge in [-0.25, -0.2) is 4.68 Å². The van der Waals surface area contributed by atoms with Gasteiger partial charge in [-0.1, -0.05) is 47.2 Å². The Morgan fingerprint density at radius 1 is 0.867 bits per heavy atom. The number of hydrogen-bond donors (Lipinski definition) is 1. The number of hydrogen-bond acceptors (Lipinski definition) is 6. The zero-order valence-electron chi connectivity index (χ0n) is 16.2. The highest BCUT2D eigenvalue weighted by molar-refractivity contribution is 7.18. The molecule has 1 N–H and O–H groups in total. The highest BCUT2D eigenvalue weighted by atomic mass is 32.1. The Labute approximate surface area is 177 Å². The molecule has 5 aromatic rings. The van der Waals surface area contributed by atoms with Gasteiger partial charge >= 0.3 is 0 Å². The third-order valence-corrected chi connectivity index (χ3v) is 5.49. The smallest absolute Gasteiger partial charge is 0.210 e. The van der Waals surface area contributed by atoms with E-state index in [4.69, 9.17) is 5.10 Å². The molecular formula is C23H18N6S. The number of nitrogens with zero attached hydrogens (tertiary/aromatic N) is 5. The van der Waals surface area contributed by atoms with Gasteiger partial charge in [0.2, 0.25) is 5.13 Å². The Balaban J connectivity index is 1.51. The topological polar surface area (TPSA) is 68.5 Å². The summed E-state index contributed by atoms with van der Waals surface area (Å²) in [5.41, 5.74) is 5.97. The molecule has 5 rings (SSSR count). The van der Waals surface area contributed by atoms with Crippen LogP contribution in [0, 0.1) is 6.92 Å². The fraction of sp³-hybridized carbons (Fsp3) is 0.0435. The molecule has 0 radical (unpaired) electrons. The van der Waals surface area contributed by atoms with Crippen LogP contribution in [0.25, 0.3) is 27.6 Å². The molecule has 3 heterocycles. The lowest BCUT2D eigenvalue weighted by Crippen LogP contribution is -1.98. The fourth-order valence-electron chi connectivity index (χ4n) is 3.12. The average molecular weight is 411 g/mol. The van der Waals surface area contributed by atoms with Crippen LogP contribution in [0.15, 0.2) is 85.2 Å². The van der Waals surface area contributed by atoms with E-state index in [1.807, 2.05) is 65.3 Å². The monoisotopic (exact) mass is 410 g/mol. The van der Waals surface area contributed by atoms with Crippen LogP contribution in [0.1, 0.15) is 5.56 Å². The van der Waals surface area contributed by atoms with Crippen LogP contribution < -0.4 is 5.32 Å². The summed E-state index contributed by atoms with van der Waals surface area (Å²) in [6.45, 7) is 2.07. The van der Waals surface area contributed by atoms with Crippen molar-refractivity contribution < 1.29 is 0 Å². The first kappa shape index (κ1) is 18.2. The van der Waals surface area contributed by atoms with Crippen LogP contribution in [0.2, 0.25) is 0 Å². The zero-order chi connectivity index (χ0) is 20.3. The summed E-state index contributed by atoms with van der Waals surface area (Å²) in [7, 11) is 0. The molecule has 30 heavy (non-hydrogen) atoms. The molecule has 0 aliphatic heterocycles. The normalized spacial score (nSPS) is 10.8.